The van der Waals surface area contributed by atoms with Gasteiger partial charge in [0.2, 0.25) is 5.91 Å². The standard InChI is InChI=1S/C20H22ClN3O2/c1-23(2)16-8-5-14(6-9-16)13-22-20(26)15-7-10-17(21)18(12-15)24-11-3-4-19(24)25/h5-10,12H,3-4,11,13H2,1-2H3,(H,22,26). The Hall–Kier alpha value is -2.53. The molecule has 26 heavy (non-hydrogen) atoms. The summed E-state index contributed by atoms with van der Waals surface area (Å²) in [5.41, 5.74) is 3.23. The maximum absolute atomic E-state index is 12.5. The number of carbonyl (C=O) groups is 2. The van der Waals surface area contributed by atoms with Crippen LogP contribution in [0.25, 0.3) is 0 Å². The Morgan fingerprint density at radius 2 is 1.92 bits per heavy atom. The van der Waals surface area contributed by atoms with Crippen LogP contribution < -0.4 is 15.1 Å². The molecule has 6 heteroatoms. The van der Waals surface area contributed by atoms with E-state index in [-0.39, 0.29) is 11.8 Å². The van der Waals surface area contributed by atoms with Crippen molar-refractivity contribution in [3.63, 3.8) is 0 Å². The third-order valence-electron chi connectivity index (χ3n) is 4.48. The summed E-state index contributed by atoms with van der Waals surface area (Å²) in [5.74, 6) is -0.142. The van der Waals surface area contributed by atoms with E-state index in [4.69, 9.17) is 11.6 Å². The highest BCUT2D eigenvalue weighted by molar-refractivity contribution is 6.34. The van der Waals surface area contributed by atoms with Crippen LogP contribution in [0.2, 0.25) is 5.02 Å². The summed E-state index contributed by atoms with van der Waals surface area (Å²) in [6.07, 6.45) is 1.34. The fourth-order valence-electron chi connectivity index (χ4n) is 2.96. The minimum atomic E-state index is -0.189. The summed E-state index contributed by atoms with van der Waals surface area (Å²) in [5, 5.41) is 3.40. The second-order valence-electron chi connectivity index (χ2n) is 6.56. The van der Waals surface area contributed by atoms with E-state index in [1.165, 1.54) is 0 Å². The number of rotatable bonds is 5. The number of amides is 2. The van der Waals surface area contributed by atoms with E-state index < -0.39 is 0 Å². The number of anilines is 2. The maximum Gasteiger partial charge on any atom is 0.251 e. The lowest BCUT2D eigenvalue weighted by Gasteiger charge is -2.18. The van der Waals surface area contributed by atoms with Crippen LogP contribution in [-0.4, -0.2) is 32.5 Å². The Bertz CT molecular complexity index is 818. The minimum absolute atomic E-state index is 0.0467. The molecule has 2 amide bonds. The zero-order chi connectivity index (χ0) is 18.7. The Morgan fingerprint density at radius 1 is 1.19 bits per heavy atom. The molecular weight excluding hydrogens is 350 g/mol. The van der Waals surface area contributed by atoms with E-state index in [9.17, 15) is 9.59 Å². The highest BCUT2D eigenvalue weighted by Gasteiger charge is 2.24. The third kappa shape index (κ3) is 3.99. The van der Waals surface area contributed by atoms with Crippen molar-refractivity contribution in [1.82, 2.24) is 5.32 Å². The topological polar surface area (TPSA) is 52.7 Å². The highest BCUT2D eigenvalue weighted by atomic mass is 35.5. The molecule has 0 aliphatic carbocycles. The average molecular weight is 372 g/mol. The lowest BCUT2D eigenvalue weighted by Crippen LogP contribution is -2.26. The fourth-order valence-corrected chi connectivity index (χ4v) is 3.18. The highest BCUT2D eigenvalue weighted by Crippen LogP contribution is 2.30. The Morgan fingerprint density at radius 3 is 2.54 bits per heavy atom. The number of nitrogens with zero attached hydrogens (tertiary/aromatic N) is 2. The molecule has 0 aromatic heterocycles. The molecule has 2 aromatic carbocycles. The molecule has 136 valence electrons. The predicted octanol–water partition coefficient (Wildman–Crippen LogP) is 3.46. The van der Waals surface area contributed by atoms with E-state index in [2.05, 4.69) is 5.32 Å². The van der Waals surface area contributed by atoms with Crippen LogP contribution in [0.1, 0.15) is 28.8 Å². The molecule has 5 nitrogen and oxygen atoms in total. The molecule has 1 heterocycles. The van der Waals surface area contributed by atoms with Crippen LogP contribution >= 0.6 is 11.6 Å². The monoisotopic (exact) mass is 371 g/mol. The van der Waals surface area contributed by atoms with Crippen LogP contribution in [0.15, 0.2) is 42.5 Å². The zero-order valence-electron chi connectivity index (χ0n) is 15.0. The number of hydrogen-bond donors (Lipinski definition) is 1. The van der Waals surface area contributed by atoms with Crippen molar-refractivity contribution in [2.75, 3.05) is 30.4 Å². The van der Waals surface area contributed by atoms with Crippen molar-refractivity contribution in [2.45, 2.75) is 19.4 Å². The second-order valence-corrected chi connectivity index (χ2v) is 6.97. The number of carbonyl (C=O) groups excluding carboxylic acids is 2. The van der Waals surface area contributed by atoms with E-state index in [0.29, 0.717) is 35.8 Å². The van der Waals surface area contributed by atoms with Gasteiger partial charge >= 0.3 is 0 Å². The summed E-state index contributed by atoms with van der Waals surface area (Å²) in [6, 6.07) is 13.1. The molecule has 3 rings (SSSR count). The van der Waals surface area contributed by atoms with E-state index in [1.807, 2.05) is 43.3 Å². The molecule has 0 radical (unpaired) electrons. The van der Waals surface area contributed by atoms with Crippen molar-refractivity contribution in [2.24, 2.45) is 0 Å². The van der Waals surface area contributed by atoms with Gasteiger partial charge in [-0.2, -0.15) is 0 Å². The second kappa shape index (κ2) is 7.79. The van der Waals surface area contributed by atoms with Gasteiger partial charge in [0.1, 0.15) is 0 Å². The van der Waals surface area contributed by atoms with Gasteiger partial charge in [-0.1, -0.05) is 23.7 Å². The molecule has 0 atom stereocenters. The van der Waals surface area contributed by atoms with Crippen LogP contribution in [0.3, 0.4) is 0 Å². The summed E-state index contributed by atoms with van der Waals surface area (Å²) in [4.78, 5) is 28.1. The van der Waals surface area contributed by atoms with Gasteiger partial charge < -0.3 is 15.1 Å². The average Bonchev–Trinajstić information content (AvgIpc) is 3.06. The molecule has 2 aromatic rings. The van der Waals surface area contributed by atoms with Gasteiger partial charge in [0.15, 0.2) is 0 Å². The SMILES string of the molecule is CN(C)c1ccc(CNC(=O)c2ccc(Cl)c(N3CCCC3=O)c2)cc1. The summed E-state index contributed by atoms with van der Waals surface area (Å²) < 4.78 is 0. The van der Waals surface area contributed by atoms with Gasteiger partial charge in [-0.25, -0.2) is 0 Å². The first-order chi connectivity index (χ1) is 12.5. The first-order valence-corrected chi connectivity index (χ1v) is 8.98. The Labute approximate surface area is 158 Å². The molecule has 1 aliphatic heterocycles. The number of hydrogen-bond acceptors (Lipinski definition) is 3. The van der Waals surface area contributed by atoms with E-state index in [1.54, 1.807) is 23.1 Å². The van der Waals surface area contributed by atoms with E-state index >= 15 is 0 Å². The zero-order valence-corrected chi connectivity index (χ0v) is 15.7. The molecule has 1 aliphatic rings. The van der Waals surface area contributed by atoms with Gasteiger partial charge in [-0.05, 0) is 42.3 Å². The van der Waals surface area contributed by atoms with Crippen molar-refractivity contribution in [1.29, 1.82) is 0 Å². The van der Waals surface area contributed by atoms with Crippen LogP contribution in [-0.2, 0) is 11.3 Å². The Balaban J connectivity index is 1.69. The van der Waals surface area contributed by atoms with Gasteiger partial charge in [0, 0.05) is 44.9 Å². The van der Waals surface area contributed by atoms with Crippen LogP contribution in [0.5, 0.6) is 0 Å². The largest absolute Gasteiger partial charge is 0.378 e. The molecule has 1 N–H and O–H groups in total. The van der Waals surface area contributed by atoms with Crippen molar-refractivity contribution in [3.8, 4) is 0 Å². The van der Waals surface area contributed by atoms with Gasteiger partial charge in [-0.3, -0.25) is 9.59 Å². The smallest absolute Gasteiger partial charge is 0.251 e. The van der Waals surface area contributed by atoms with Crippen LogP contribution in [0, 0.1) is 0 Å². The van der Waals surface area contributed by atoms with Gasteiger partial charge in [-0.15, -0.1) is 0 Å². The molecule has 1 saturated heterocycles. The third-order valence-corrected chi connectivity index (χ3v) is 4.80. The van der Waals surface area contributed by atoms with Crippen LogP contribution in [0.4, 0.5) is 11.4 Å². The summed E-state index contributed by atoms with van der Waals surface area (Å²) in [7, 11) is 3.97. The first-order valence-electron chi connectivity index (χ1n) is 8.60. The van der Waals surface area contributed by atoms with Gasteiger partial charge in [0.25, 0.3) is 5.91 Å². The lowest BCUT2D eigenvalue weighted by atomic mass is 10.1. The normalized spacial score (nSPS) is 13.8. The predicted molar refractivity (Wildman–Crippen MR) is 105 cm³/mol. The molecule has 1 fully saturated rings. The minimum Gasteiger partial charge on any atom is -0.378 e. The Kier molecular flexibility index (Phi) is 5.47. The van der Waals surface area contributed by atoms with Crippen molar-refractivity contribution in [3.05, 3.63) is 58.6 Å². The number of halogens is 1. The first kappa shape index (κ1) is 18.3. The fraction of sp³-hybridized carbons (Fsp3) is 0.300. The molecular formula is C20H22ClN3O2. The van der Waals surface area contributed by atoms with E-state index in [0.717, 1.165) is 17.7 Å². The molecule has 0 unspecified atom stereocenters. The molecule has 0 saturated carbocycles. The van der Waals surface area contributed by atoms with Crippen molar-refractivity contribution < 1.29 is 9.59 Å². The maximum atomic E-state index is 12.5. The molecule has 0 spiro atoms. The number of nitrogens with one attached hydrogen (secondary N) is 1. The quantitative estimate of drug-likeness (QED) is 0.875. The summed E-state index contributed by atoms with van der Waals surface area (Å²) >= 11 is 6.23. The number of benzene rings is 2. The van der Waals surface area contributed by atoms with Gasteiger partial charge in [0.05, 0.1) is 10.7 Å². The van der Waals surface area contributed by atoms with Crippen molar-refractivity contribution >= 4 is 34.8 Å². The molecule has 0 bridgehead atoms. The summed E-state index contributed by atoms with van der Waals surface area (Å²) in [6.45, 7) is 1.08. The lowest BCUT2D eigenvalue weighted by molar-refractivity contribution is -0.117.